The van der Waals surface area contributed by atoms with Gasteiger partial charge in [-0.15, -0.1) is 11.3 Å². The molecule has 3 aromatic rings. The second-order valence-corrected chi connectivity index (χ2v) is 9.87. The lowest BCUT2D eigenvalue weighted by atomic mass is 10.1. The largest absolute Gasteiger partial charge is 0.341 e. The first-order chi connectivity index (χ1) is 13.4. The Balaban J connectivity index is 1.68. The maximum absolute atomic E-state index is 13.0. The number of thiophene rings is 1. The van der Waals surface area contributed by atoms with E-state index < -0.39 is 20.5 Å². The summed E-state index contributed by atoms with van der Waals surface area (Å²) in [6, 6.07) is 5.18. The Kier molecular flexibility index (Phi) is 5.05. The van der Waals surface area contributed by atoms with Gasteiger partial charge in [0.2, 0.25) is 9.84 Å². The molecule has 0 bridgehead atoms. The highest BCUT2D eigenvalue weighted by Crippen LogP contribution is 2.32. The van der Waals surface area contributed by atoms with E-state index in [1.54, 1.807) is 11.3 Å². The van der Waals surface area contributed by atoms with E-state index in [0.29, 0.717) is 10.9 Å². The molecular formula is C19H18F2N2O3S2. The van der Waals surface area contributed by atoms with Crippen LogP contribution in [-0.4, -0.2) is 23.7 Å². The van der Waals surface area contributed by atoms with E-state index in [0.717, 1.165) is 54.6 Å². The van der Waals surface area contributed by atoms with Crippen LogP contribution in [0.25, 0.3) is 10.2 Å². The Labute approximate surface area is 164 Å². The fourth-order valence-electron chi connectivity index (χ4n) is 3.55. The molecule has 0 unspecified atom stereocenters. The van der Waals surface area contributed by atoms with Gasteiger partial charge in [0.15, 0.2) is 0 Å². The minimum Gasteiger partial charge on any atom is -0.294 e. The SMILES string of the molecule is O=c1c2c3c(sc2ncn1Cc1ccc(S(=O)(=O)C(F)F)cc1)CCCCC3. The van der Waals surface area contributed by atoms with Gasteiger partial charge in [-0.25, -0.2) is 13.4 Å². The van der Waals surface area contributed by atoms with Gasteiger partial charge in [-0.3, -0.25) is 9.36 Å². The minimum atomic E-state index is -4.62. The van der Waals surface area contributed by atoms with E-state index in [9.17, 15) is 22.0 Å². The molecular weight excluding hydrogens is 406 g/mol. The van der Waals surface area contributed by atoms with Crippen molar-refractivity contribution in [2.24, 2.45) is 0 Å². The Bertz CT molecular complexity index is 1180. The molecule has 28 heavy (non-hydrogen) atoms. The van der Waals surface area contributed by atoms with Gasteiger partial charge in [-0.2, -0.15) is 8.78 Å². The van der Waals surface area contributed by atoms with Gasteiger partial charge in [0, 0.05) is 4.88 Å². The van der Waals surface area contributed by atoms with Crippen molar-refractivity contribution in [2.75, 3.05) is 0 Å². The summed E-state index contributed by atoms with van der Waals surface area (Å²) in [4.78, 5) is 19.0. The number of nitrogens with zero attached hydrogens (tertiary/aromatic N) is 2. The van der Waals surface area contributed by atoms with Crippen LogP contribution in [0.3, 0.4) is 0 Å². The maximum atomic E-state index is 13.0. The second-order valence-electron chi connectivity index (χ2n) is 6.87. The number of hydrogen-bond donors (Lipinski definition) is 0. The predicted octanol–water partition coefficient (Wildman–Crippen LogP) is 3.77. The quantitative estimate of drug-likeness (QED) is 0.598. The number of aryl methyl sites for hydroxylation is 2. The fraction of sp³-hybridized carbons (Fsp3) is 0.368. The predicted molar refractivity (Wildman–Crippen MR) is 104 cm³/mol. The van der Waals surface area contributed by atoms with Gasteiger partial charge in [0.1, 0.15) is 4.83 Å². The van der Waals surface area contributed by atoms with Crippen LogP contribution >= 0.6 is 11.3 Å². The molecule has 9 heteroatoms. The molecule has 1 aliphatic carbocycles. The molecule has 4 rings (SSSR count). The van der Waals surface area contributed by atoms with Crippen molar-refractivity contribution in [3.8, 4) is 0 Å². The van der Waals surface area contributed by atoms with Gasteiger partial charge >= 0.3 is 5.76 Å². The Hall–Kier alpha value is -2.13. The molecule has 0 aliphatic heterocycles. The van der Waals surface area contributed by atoms with Crippen LogP contribution in [0.5, 0.6) is 0 Å². The number of aromatic nitrogens is 2. The molecule has 0 radical (unpaired) electrons. The Morgan fingerprint density at radius 3 is 2.54 bits per heavy atom. The second kappa shape index (κ2) is 7.36. The van der Waals surface area contributed by atoms with Crippen LogP contribution in [0, 0.1) is 0 Å². The average molecular weight is 424 g/mol. The van der Waals surface area contributed by atoms with E-state index >= 15 is 0 Å². The highest BCUT2D eigenvalue weighted by atomic mass is 32.2. The molecule has 1 aromatic carbocycles. The molecule has 0 N–H and O–H groups in total. The van der Waals surface area contributed by atoms with Crippen molar-refractivity contribution >= 4 is 31.4 Å². The molecule has 0 spiro atoms. The van der Waals surface area contributed by atoms with E-state index in [4.69, 9.17) is 0 Å². The van der Waals surface area contributed by atoms with Crippen LogP contribution < -0.4 is 5.56 Å². The van der Waals surface area contributed by atoms with Gasteiger partial charge in [0.25, 0.3) is 5.56 Å². The first kappa shape index (κ1) is 19.2. The zero-order valence-corrected chi connectivity index (χ0v) is 16.5. The molecule has 1 aliphatic rings. The molecule has 0 saturated carbocycles. The third-order valence-corrected chi connectivity index (χ3v) is 7.63. The van der Waals surface area contributed by atoms with Crippen molar-refractivity contribution in [2.45, 2.75) is 49.3 Å². The van der Waals surface area contributed by atoms with Crippen LogP contribution in [0.2, 0.25) is 0 Å². The Morgan fingerprint density at radius 1 is 1.11 bits per heavy atom. The van der Waals surface area contributed by atoms with Crippen LogP contribution in [0.4, 0.5) is 8.78 Å². The van der Waals surface area contributed by atoms with Crippen LogP contribution in [-0.2, 0) is 29.2 Å². The minimum absolute atomic E-state index is 0.117. The lowest BCUT2D eigenvalue weighted by Gasteiger charge is -2.08. The number of fused-ring (bicyclic) bond motifs is 3. The smallest absolute Gasteiger partial charge is 0.294 e. The molecule has 0 amide bonds. The fourth-order valence-corrected chi connectivity index (χ4v) is 5.50. The van der Waals surface area contributed by atoms with E-state index in [1.807, 2.05) is 0 Å². The number of hydrogen-bond acceptors (Lipinski definition) is 5. The van der Waals surface area contributed by atoms with Crippen molar-refractivity contribution in [1.29, 1.82) is 0 Å². The monoisotopic (exact) mass is 424 g/mol. The summed E-state index contributed by atoms with van der Waals surface area (Å²) in [5, 5.41) is 0.682. The molecule has 0 fully saturated rings. The first-order valence-corrected chi connectivity index (χ1v) is 11.3. The summed E-state index contributed by atoms with van der Waals surface area (Å²) in [5.41, 5.74) is 1.63. The lowest BCUT2D eigenvalue weighted by Crippen LogP contribution is -2.21. The van der Waals surface area contributed by atoms with Crippen molar-refractivity contribution in [1.82, 2.24) is 9.55 Å². The van der Waals surface area contributed by atoms with Gasteiger partial charge < -0.3 is 0 Å². The summed E-state index contributed by atoms with van der Waals surface area (Å²) in [5.74, 6) is -3.46. The van der Waals surface area contributed by atoms with Gasteiger partial charge in [-0.1, -0.05) is 18.6 Å². The van der Waals surface area contributed by atoms with E-state index in [1.165, 1.54) is 27.9 Å². The third-order valence-electron chi connectivity index (χ3n) is 5.03. The average Bonchev–Trinajstić information content (AvgIpc) is 2.86. The normalized spacial score (nSPS) is 15.0. The molecule has 0 saturated heterocycles. The van der Waals surface area contributed by atoms with Crippen molar-refractivity contribution < 1.29 is 17.2 Å². The van der Waals surface area contributed by atoms with Gasteiger partial charge in [-0.05, 0) is 48.9 Å². The number of benzene rings is 1. The van der Waals surface area contributed by atoms with E-state index in [-0.39, 0.29) is 12.1 Å². The highest BCUT2D eigenvalue weighted by molar-refractivity contribution is 7.91. The van der Waals surface area contributed by atoms with Crippen LogP contribution in [0.1, 0.15) is 35.3 Å². The topological polar surface area (TPSA) is 69.0 Å². The summed E-state index contributed by atoms with van der Waals surface area (Å²) in [7, 11) is -4.62. The van der Waals surface area contributed by atoms with Crippen molar-refractivity contribution in [3.63, 3.8) is 0 Å². The number of rotatable bonds is 4. The Morgan fingerprint density at radius 2 is 1.82 bits per heavy atom. The molecule has 148 valence electrons. The maximum Gasteiger partial charge on any atom is 0.341 e. The van der Waals surface area contributed by atoms with Gasteiger partial charge in [0.05, 0.1) is 23.2 Å². The molecule has 2 heterocycles. The number of alkyl halides is 2. The zero-order valence-electron chi connectivity index (χ0n) is 14.9. The summed E-state index contributed by atoms with van der Waals surface area (Å²) in [6.45, 7) is 0.196. The summed E-state index contributed by atoms with van der Waals surface area (Å²) >= 11 is 1.59. The van der Waals surface area contributed by atoms with Crippen molar-refractivity contribution in [3.05, 3.63) is 57.0 Å². The summed E-state index contributed by atoms with van der Waals surface area (Å²) < 4.78 is 49.8. The number of sulfone groups is 1. The van der Waals surface area contributed by atoms with Crippen LogP contribution in [0.15, 0.2) is 40.3 Å². The molecule has 2 aromatic heterocycles. The van der Waals surface area contributed by atoms with E-state index in [2.05, 4.69) is 4.98 Å². The summed E-state index contributed by atoms with van der Waals surface area (Å²) in [6.07, 6.45) is 6.71. The lowest BCUT2D eigenvalue weighted by molar-refractivity contribution is 0.234. The molecule has 5 nitrogen and oxygen atoms in total. The first-order valence-electron chi connectivity index (χ1n) is 8.98. The highest BCUT2D eigenvalue weighted by Gasteiger charge is 2.26. The zero-order chi connectivity index (χ0) is 19.9. The standard InChI is InChI=1S/C19H18F2N2O3S2/c20-19(21)28(25,26)13-8-6-12(7-9-13)10-23-11-22-17-16(18(23)24)14-4-2-1-3-5-15(14)27-17/h6-9,11,19H,1-5,10H2. The third kappa shape index (κ3) is 3.37. The molecule has 0 atom stereocenters. The number of halogens is 2.